The first-order valence-electron chi connectivity index (χ1n) is 9.03. The van der Waals surface area contributed by atoms with Gasteiger partial charge in [-0.15, -0.1) is 0 Å². The zero-order chi connectivity index (χ0) is 20.3. The predicted molar refractivity (Wildman–Crippen MR) is 104 cm³/mol. The van der Waals surface area contributed by atoms with Crippen LogP contribution in [0.5, 0.6) is 0 Å². The summed E-state index contributed by atoms with van der Waals surface area (Å²) in [5.74, 6) is -1.85. The Hall–Kier alpha value is -3.22. The van der Waals surface area contributed by atoms with E-state index in [-0.39, 0.29) is 23.9 Å². The highest BCUT2D eigenvalue weighted by molar-refractivity contribution is 5.98. The third-order valence-electron chi connectivity index (χ3n) is 4.62. The van der Waals surface area contributed by atoms with Gasteiger partial charge in [0.25, 0.3) is 0 Å². The average Bonchev–Trinajstić information content (AvgIpc) is 3.00. The van der Waals surface area contributed by atoms with Crippen molar-refractivity contribution < 1.29 is 18.8 Å². The molecule has 3 rings (SSSR count). The smallest absolute Gasteiger partial charge is 0.229 e. The Kier molecular flexibility index (Phi) is 5.73. The number of halogens is 1. The molecule has 1 unspecified atom stereocenters. The summed E-state index contributed by atoms with van der Waals surface area (Å²) in [5, 5.41) is 5.08. The van der Waals surface area contributed by atoms with Crippen LogP contribution in [0.25, 0.3) is 0 Å². The molecule has 6 nitrogen and oxygen atoms in total. The molecule has 1 aliphatic rings. The largest absolute Gasteiger partial charge is 0.338 e. The summed E-state index contributed by atoms with van der Waals surface area (Å²) < 4.78 is 13.7. The third-order valence-corrected chi connectivity index (χ3v) is 4.62. The molecule has 0 aromatic heterocycles. The molecule has 2 aromatic rings. The topological polar surface area (TPSA) is 78.5 Å². The molecular formula is C21H22FN3O3. The number of hydrogen-bond acceptors (Lipinski definition) is 3. The minimum absolute atomic E-state index is 0.00574. The minimum atomic E-state index is -0.589. The number of nitrogens with one attached hydrogen (secondary N) is 2. The second kappa shape index (κ2) is 8.21. The second-order valence-corrected chi connectivity index (χ2v) is 7.03. The van der Waals surface area contributed by atoms with Gasteiger partial charge in [-0.2, -0.15) is 0 Å². The molecule has 1 atom stereocenters. The molecule has 1 fully saturated rings. The maximum Gasteiger partial charge on any atom is 0.229 e. The third kappa shape index (κ3) is 4.73. The van der Waals surface area contributed by atoms with E-state index in [9.17, 15) is 18.8 Å². The fraction of sp³-hybridized carbons (Fsp3) is 0.286. The monoisotopic (exact) mass is 383 g/mol. The van der Waals surface area contributed by atoms with E-state index in [1.165, 1.54) is 25.1 Å². The van der Waals surface area contributed by atoms with Gasteiger partial charge in [0.15, 0.2) is 0 Å². The van der Waals surface area contributed by atoms with Crippen molar-refractivity contribution in [2.75, 3.05) is 17.2 Å². The maximum absolute atomic E-state index is 13.7. The number of nitrogens with zero attached hydrogens (tertiary/aromatic N) is 1. The standard InChI is InChI=1S/C21H22FN3O3/c1-13-3-5-15(6-4-13)11-25-12-16(9-20(25)27)21(28)24-17-7-8-18(22)19(10-17)23-14(2)26/h3-8,10,16H,9,11-12H2,1-2H3,(H,23,26)(H,24,28). The van der Waals surface area contributed by atoms with Crippen LogP contribution in [0.1, 0.15) is 24.5 Å². The first-order chi connectivity index (χ1) is 13.3. The lowest BCUT2D eigenvalue weighted by Gasteiger charge is -2.17. The molecule has 1 saturated heterocycles. The van der Waals surface area contributed by atoms with Gasteiger partial charge in [0.05, 0.1) is 11.6 Å². The van der Waals surface area contributed by atoms with E-state index < -0.39 is 17.6 Å². The van der Waals surface area contributed by atoms with Crippen molar-refractivity contribution in [2.45, 2.75) is 26.8 Å². The van der Waals surface area contributed by atoms with Crippen LogP contribution >= 0.6 is 0 Å². The van der Waals surface area contributed by atoms with Gasteiger partial charge >= 0.3 is 0 Å². The van der Waals surface area contributed by atoms with Crippen molar-refractivity contribution in [3.8, 4) is 0 Å². The van der Waals surface area contributed by atoms with Gasteiger partial charge in [-0.1, -0.05) is 29.8 Å². The Balaban J connectivity index is 1.63. The Morgan fingerprint density at radius 3 is 2.54 bits per heavy atom. The van der Waals surface area contributed by atoms with E-state index in [0.29, 0.717) is 18.8 Å². The normalized spacial score (nSPS) is 16.2. The molecule has 2 N–H and O–H groups in total. The molecule has 0 aliphatic carbocycles. The summed E-state index contributed by atoms with van der Waals surface area (Å²) in [7, 11) is 0. The van der Waals surface area contributed by atoms with Crippen molar-refractivity contribution in [2.24, 2.45) is 5.92 Å². The van der Waals surface area contributed by atoms with Crippen LogP contribution in [-0.4, -0.2) is 29.2 Å². The molecule has 1 heterocycles. The molecule has 0 saturated carbocycles. The number of amides is 3. The highest BCUT2D eigenvalue weighted by atomic mass is 19.1. The second-order valence-electron chi connectivity index (χ2n) is 7.03. The molecule has 1 aliphatic heterocycles. The van der Waals surface area contributed by atoms with Crippen LogP contribution in [0.4, 0.5) is 15.8 Å². The molecule has 0 bridgehead atoms. The van der Waals surface area contributed by atoms with Crippen molar-refractivity contribution >= 4 is 29.1 Å². The highest BCUT2D eigenvalue weighted by Gasteiger charge is 2.34. The average molecular weight is 383 g/mol. The SMILES string of the molecule is CC(=O)Nc1cc(NC(=O)C2CC(=O)N(Cc3ccc(C)cc3)C2)ccc1F. The van der Waals surface area contributed by atoms with Gasteiger partial charge in [-0.05, 0) is 30.7 Å². The van der Waals surface area contributed by atoms with E-state index in [2.05, 4.69) is 10.6 Å². The first kappa shape index (κ1) is 19.5. The van der Waals surface area contributed by atoms with Crippen molar-refractivity contribution in [1.82, 2.24) is 4.90 Å². The van der Waals surface area contributed by atoms with Crippen molar-refractivity contribution in [3.63, 3.8) is 0 Å². The molecular weight excluding hydrogens is 361 g/mol. The van der Waals surface area contributed by atoms with Crippen LogP contribution in [0.15, 0.2) is 42.5 Å². The van der Waals surface area contributed by atoms with Gasteiger partial charge in [0.2, 0.25) is 17.7 Å². The van der Waals surface area contributed by atoms with E-state index in [4.69, 9.17) is 0 Å². The Morgan fingerprint density at radius 2 is 1.86 bits per heavy atom. The molecule has 0 radical (unpaired) electrons. The zero-order valence-electron chi connectivity index (χ0n) is 15.8. The van der Waals surface area contributed by atoms with E-state index in [1.54, 1.807) is 4.90 Å². The quantitative estimate of drug-likeness (QED) is 0.833. The van der Waals surface area contributed by atoms with Crippen LogP contribution in [0, 0.1) is 18.7 Å². The molecule has 3 amide bonds. The summed E-state index contributed by atoms with van der Waals surface area (Å²) in [4.78, 5) is 37.6. The van der Waals surface area contributed by atoms with Crippen molar-refractivity contribution in [1.29, 1.82) is 0 Å². The Morgan fingerprint density at radius 1 is 1.14 bits per heavy atom. The molecule has 0 spiro atoms. The van der Waals surface area contributed by atoms with Crippen LogP contribution < -0.4 is 10.6 Å². The number of rotatable bonds is 5. The fourth-order valence-electron chi connectivity index (χ4n) is 3.15. The maximum atomic E-state index is 13.7. The summed E-state index contributed by atoms with van der Waals surface area (Å²) >= 11 is 0. The van der Waals surface area contributed by atoms with E-state index in [1.807, 2.05) is 31.2 Å². The van der Waals surface area contributed by atoms with Gasteiger partial charge < -0.3 is 15.5 Å². The van der Waals surface area contributed by atoms with Gasteiger partial charge in [-0.25, -0.2) is 4.39 Å². The highest BCUT2D eigenvalue weighted by Crippen LogP contribution is 2.24. The van der Waals surface area contributed by atoms with Crippen LogP contribution in [0.2, 0.25) is 0 Å². The zero-order valence-corrected chi connectivity index (χ0v) is 15.8. The van der Waals surface area contributed by atoms with Crippen LogP contribution in [-0.2, 0) is 20.9 Å². The Bertz CT molecular complexity index is 912. The molecule has 28 heavy (non-hydrogen) atoms. The summed E-state index contributed by atoms with van der Waals surface area (Å²) in [5.41, 5.74) is 2.51. The lowest BCUT2D eigenvalue weighted by Crippen LogP contribution is -2.28. The van der Waals surface area contributed by atoms with E-state index >= 15 is 0 Å². The van der Waals surface area contributed by atoms with Crippen molar-refractivity contribution in [3.05, 3.63) is 59.4 Å². The lowest BCUT2D eigenvalue weighted by atomic mass is 10.1. The summed E-state index contributed by atoms with van der Waals surface area (Å²) in [6.45, 7) is 4.07. The predicted octanol–water partition coefficient (Wildman–Crippen LogP) is 3.08. The van der Waals surface area contributed by atoms with Gasteiger partial charge in [0.1, 0.15) is 5.82 Å². The molecule has 7 heteroatoms. The van der Waals surface area contributed by atoms with E-state index in [0.717, 1.165) is 11.1 Å². The number of anilines is 2. The number of carbonyl (C=O) groups excluding carboxylic acids is 3. The molecule has 146 valence electrons. The lowest BCUT2D eigenvalue weighted by molar-refractivity contribution is -0.128. The summed E-state index contributed by atoms with van der Waals surface area (Å²) in [6.07, 6.45) is 0.136. The number of hydrogen-bond donors (Lipinski definition) is 2. The Labute approximate surface area is 162 Å². The van der Waals surface area contributed by atoms with Gasteiger partial charge in [-0.3, -0.25) is 14.4 Å². The van der Waals surface area contributed by atoms with Crippen LogP contribution in [0.3, 0.4) is 0 Å². The number of carbonyl (C=O) groups is 3. The number of aryl methyl sites for hydroxylation is 1. The summed E-state index contributed by atoms with van der Waals surface area (Å²) in [6, 6.07) is 11.9. The fourth-order valence-corrected chi connectivity index (χ4v) is 3.15. The first-order valence-corrected chi connectivity index (χ1v) is 9.03. The number of likely N-dealkylation sites (tertiary alicyclic amines) is 1. The molecule has 2 aromatic carbocycles. The van der Waals surface area contributed by atoms with Gasteiger partial charge in [0, 0.05) is 32.1 Å². The minimum Gasteiger partial charge on any atom is -0.338 e. The number of benzene rings is 2.